The Balaban J connectivity index is 1.70. The SMILES string of the molecule is O=C(O)CCC(NC(=O)c1csc(C2CCCO2)n1)c1ccccc1. The van der Waals surface area contributed by atoms with Gasteiger partial charge in [-0.05, 0) is 24.8 Å². The van der Waals surface area contributed by atoms with E-state index < -0.39 is 5.97 Å². The lowest BCUT2D eigenvalue weighted by molar-refractivity contribution is -0.137. The first-order valence-corrected chi connectivity index (χ1v) is 9.16. The Morgan fingerprint density at radius 3 is 2.84 bits per heavy atom. The summed E-state index contributed by atoms with van der Waals surface area (Å²) in [6.45, 7) is 0.733. The monoisotopic (exact) mass is 360 g/mol. The molecule has 1 aliphatic heterocycles. The Hall–Kier alpha value is -2.25. The molecule has 1 saturated heterocycles. The van der Waals surface area contributed by atoms with Crippen molar-refractivity contribution in [2.45, 2.75) is 37.8 Å². The van der Waals surface area contributed by atoms with Gasteiger partial charge in [-0.3, -0.25) is 9.59 Å². The number of benzene rings is 1. The predicted molar refractivity (Wildman–Crippen MR) is 93.6 cm³/mol. The minimum atomic E-state index is -0.885. The number of carbonyl (C=O) groups is 2. The summed E-state index contributed by atoms with van der Waals surface area (Å²) in [5, 5.41) is 14.4. The molecule has 2 heterocycles. The summed E-state index contributed by atoms with van der Waals surface area (Å²) < 4.78 is 5.60. The average Bonchev–Trinajstić information content (AvgIpc) is 3.29. The van der Waals surface area contributed by atoms with Gasteiger partial charge in [-0.2, -0.15) is 0 Å². The van der Waals surface area contributed by atoms with Gasteiger partial charge in [0, 0.05) is 18.4 Å². The molecule has 1 amide bonds. The van der Waals surface area contributed by atoms with E-state index in [0.717, 1.165) is 30.0 Å². The van der Waals surface area contributed by atoms with E-state index in [0.29, 0.717) is 12.1 Å². The average molecular weight is 360 g/mol. The highest BCUT2D eigenvalue weighted by Crippen LogP contribution is 2.30. The molecule has 1 aromatic heterocycles. The van der Waals surface area contributed by atoms with Gasteiger partial charge in [0.15, 0.2) is 0 Å². The van der Waals surface area contributed by atoms with Crippen molar-refractivity contribution in [3.05, 3.63) is 52.0 Å². The number of amides is 1. The number of aromatic nitrogens is 1. The second-order valence-electron chi connectivity index (χ2n) is 5.94. The number of thiazole rings is 1. The lowest BCUT2D eigenvalue weighted by Gasteiger charge is -2.18. The van der Waals surface area contributed by atoms with Gasteiger partial charge in [0.2, 0.25) is 0 Å². The fraction of sp³-hybridized carbons (Fsp3) is 0.389. The predicted octanol–water partition coefficient (Wildman–Crippen LogP) is 3.33. The molecule has 2 unspecified atom stereocenters. The van der Waals surface area contributed by atoms with Crippen molar-refractivity contribution < 1.29 is 19.4 Å². The molecule has 3 rings (SSSR count). The summed E-state index contributed by atoms with van der Waals surface area (Å²) in [7, 11) is 0. The fourth-order valence-electron chi connectivity index (χ4n) is 2.82. The van der Waals surface area contributed by atoms with Gasteiger partial charge >= 0.3 is 5.97 Å². The van der Waals surface area contributed by atoms with E-state index in [1.165, 1.54) is 11.3 Å². The van der Waals surface area contributed by atoms with Crippen molar-refractivity contribution in [2.75, 3.05) is 6.61 Å². The third-order valence-corrected chi connectivity index (χ3v) is 5.05. The van der Waals surface area contributed by atoms with Crippen molar-refractivity contribution in [2.24, 2.45) is 0 Å². The van der Waals surface area contributed by atoms with Crippen LogP contribution >= 0.6 is 11.3 Å². The first-order chi connectivity index (χ1) is 12.1. The molecule has 0 spiro atoms. The Morgan fingerprint density at radius 1 is 1.36 bits per heavy atom. The molecule has 1 aromatic carbocycles. The van der Waals surface area contributed by atoms with Crippen LogP contribution in [0.25, 0.3) is 0 Å². The second kappa shape index (κ2) is 8.22. The maximum atomic E-state index is 12.5. The van der Waals surface area contributed by atoms with E-state index in [2.05, 4.69) is 10.3 Å². The number of ether oxygens (including phenoxy) is 1. The summed E-state index contributed by atoms with van der Waals surface area (Å²) >= 11 is 1.43. The van der Waals surface area contributed by atoms with Gasteiger partial charge in [0.25, 0.3) is 5.91 Å². The lowest BCUT2D eigenvalue weighted by Crippen LogP contribution is -2.29. The Morgan fingerprint density at radius 2 is 2.16 bits per heavy atom. The van der Waals surface area contributed by atoms with Crippen LogP contribution in [-0.4, -0.2) is 28.6 Å². The van der Waals surface area contributed by atoms with Gasteiger partial charge in [-0.15, -0.1) is 11.3 Å². The number of nitrogens with zero attached hydrogens (tertiary/aromatic N) is 1. The molecule has 2 N–H and O–H groups in total. The Labute approximate surface area is 149 Å². The van der Waals surface area contributed by atoms with Gasteiger partial charge in [0.1, 0.15) is 16.8 Å². The second-order valence-corrected chi connectivity index (χ2v) is 6.83. The zero-order valence-electron chi connectivity index (χ0n) is 13.7. The lowest BCUT2D eigenvalue weighted by atomic mass is 10.0. The summed E-state index contributed by atoms with van der Waals surface area (Å²) in [6.07, 6.45) is 2.24. The molecule has 0 radical (unpaired) electrons. The maximum absolute atomic E-state index is 12.5. The Kier molecular flexibility index (Phi) is 5.78. The van der Waals surface area contributed by atoms with E-state index in [4.69, 9.17) is 9.84 Å². The summed E-state index contributed by atoms with van der Waals surface area (Å²) in [4.78, 5) is 27.8. The van der Waals surface area contributed by atoms with Crippen LogP contribution in [0.3, 0.4) is 0 Å². The van der Waals surface area contributed by atoms with E-state index in [9.17, 15) is 9.59 Å². The molecule has 25 heavy (non-hydrogen) atoms. The molecule has 132 valence electrons. The number of aliphatic carboxylic acids is 1. The number of nitrogens with one attached hydrogen (secondary N) is 1. The molecule has 1 fully saturated rings. The molecule has 1 aliphatic rings. The van der Waals surface area contributed by atoms with Crippen LogP contribution in [0.2, 0.25) is 0 Å². The maximum Gasteiger partial charge on any atom is 0.303 e. The topological polar surface area (TPSA) is 88.5 Å². The number of carboxylic acid groups (broad SMARTS) is 1. The number of hydrogen-bond acceptors (Lipinski definition) is 5. The van der Waals surface area contributed by atoms with Crippen LogP contribution in [0.1, 0.15) is 58.9 Å². The molecule has 2 atom stereocenters. The van der Waals surface area contributed by atoms with Crippen LogP contribution in [0.5, 0.6) is 0 Å². The van der Waals surface area contributed by atoms with Gasteiger partial charge in [-0.25, -0.2) is 4.98 Å². The molecular weight excluding hydrogens is 340 g/mol. The molecular formula is C18H20N2O4S. The van der Waals surface area contributed by atoms with E-state index in [1.807, 2.05) is 30.3 Å². The molecule has 0 saturated carbocycles. The standard InChI is InChI=1S/C18H20N2O4S/c21-16(22)9-8-13(12-5-2-1-3-6-12)19-17(23)14-11-25-18(20-14)15-7-4-10-24-15/h1-3,5-6,11,13,15H,4,7-10H2,(H,19,23)(H,21,22). The quantitative estimate of drug-likeness (QED) is 0.791. The number of hydrogen-bond donors (Lipinski definition) is 2. The van der Waals surface area contributed by atoms with Crippen molar-refractivity contribution in [3.8, 4) is 0 Å². The highest BCUT2D eigenvalue weighted by molar-refractivity contribution is 7.09. The highest BCUT2D eigenvalue weighted by Gasteiger charge is 2.23. The molecule has 2 aromatic rings. The van der Waals surface area contributed by atoms with Crippen LogP contribution in [0.15, 0.2) is 35.7 Å². The van der Waals surface area contributed by atoms with Crippen molar-refractivity contribution in [1.29, 1.82) is 0 Å². The molecule has 0 bridgehead atoms. The van der Waals surface area contributed by atoms with Crippen LogP contribution < -0.4 is 5.32 Å². The van der Waals surface area contributed by atoms with Crippen LogP contribution in [0.4, 0.5) is 0 Å². The summed E-state index contributed by atoms with van der Waals surface area (Å²) in [5.74, 6) is -1.18. The highest BCUT2D eigenvalue weighted by atomic mass is 32.1. The van der Waals surface area contributed by atoms with Gasteiger partial charge in [-0.1, -0.05) is 30.3 Å². The third kappa shape index (κ3) is 4.64. The van der Waals surface area contributed by atoms with Gasteiger partial charge < -0.3 is 15.2 Å². The minimum Gasteiger partial charge on any atom is -0.481 e. The van der Waals surface area contributed by atoms with Crippen LogP contribution in [0, 0.1) is 0 Å². The van der Waals surface area contributed by atoms with Gasteiger partial charge in [0.05, 0.1) is 6.04 Å². The van der Waals surface area contributed by atoms with Crippen molar-refractivity contribution >= 4 is 23.2 Å². The number of carboxylic acids is 1. The third-order valence-electron chi connectivity index (χ3n) is 4.11. The molecule has 6 nitrogen and oxygen atoms in total. The Bertz CT molecular complexity index is 726. The zero-order chi connectivity index (χ0) is 17.6. The zero-order valence-corrected chi connectivity index (χ0v) is 14.5. The molecule has 0 aliphatic carbocycles. The van der Waals surface area contributed by atoms with E-state index >= 15 is 0 Å². The number of carbonyl (C=O) groups excluding carboxylic acids is 1. The fourth-order valence-corrected chi connectivity index (χ4v) is 3.70. The first-order valence-electron chi connectivity index (χ1n) is 8.28. The summed E-state index contributed by atoms with van der Waals surface area (Å²) in [6, 6.07) is 9.02. The van der Waals surface area contributed by atoms with Crippen molar-refractivity contribution in [3.63, 3.8) is 0 Å². The molecule has 7 heteroatoms. The summed E-state index contributed by atoms with van der Waals surface area (Å²) in [5.41, 5.74) is 1.23. The normalized spacial score (nSPS) is 18.0. The van der Waals surface area contributed by atoms with E-state index in [1.54, 1.807) is 5.38 Å². The number of rotatable bonds is 7. The minimum absolute atomic E-state index is 0.0107. The van der Waals surface area contributed by atoms with Crippen LogP contribution in [-0.2, 0) is 9.53 Å². The first kappa shape index (κ1) is 17.6. The largest absolute Gasteiger partial charge is 0.481 e. The van der Waals surface area contributed by atoms with E-state index in [-0.39, 0.29) is 24.5 Å². The smallest absolute Gasteiger partial charge is 0.303 e. The van der Waals surface area contributed by atoms with Crippen molar-refractivity contribution in [1.82, 2.24) is 10.3 Å².